The minimum Gasteiger partial charge on any atom is -0.340 e. The van der Waals surface area contributed by atoms with Gasteiger partial charge in [0.15, 0.2) is 5.96 Å². The number of aliphatic imine (C=N–C) groups is 1. The van der Waals surface area contributed by atoms with Crippen LogP contribution >= 0.6 is 11.8 Å². The first kappa shape index (κ1) is 19.1. The van der Waals surface area contributed by atoms with Crippen LogP contribution in [0.1, 0.15) is 26.2 Å². The number of hydrogen-bond acceptors (Lipinski definition) is 3. The minimum absolute atomic E-state index is 0.529. The van der Waals surface area contributed by atoms with Gasteiger partial charge in [-0.2, -0.15) is 11.8 Å². The van der Waals surface area contributed by atoms with Crippen LogP contribution in [0.4, 0.5) is 5.69 Å². The number of anilines is 1. The third-order valence-electron chi connectivity index (χ3n) is 4.87. The molecule has 26 heavy (non-hydrogen) atoms. The van der Waals surface area contributed by atoms with E-state index in [4.69, 9.17) is 10.7 Å². The second kappa shape index (κ2) is 9.83. The summed E-state index contributed by atoms with van der Waals surface area (Å²) < 4.78 is 0. The molecule has 140 valence electrons. The minimum atomic E-state index is 0.529. The zero-order valence-corrected chi connectivity index (χ0v) is 16.5. The van der Waals surface area contributed by atoms with Crippen molar-refractivity contribution in [1.82, 2.24) is 4.90 Å². The number of nitrogens with one attached hydrogen (secondary N) is 1. The second-order valence-corrected chi connectivity index (χ2v) is 8.02. The fourth-order valence-electron chi connectivity index (χ4n) is 3.47. The summed E-state index contributed by atoms with van der Waals surface area (Å²) in [7, 11) is 0. The zero-order chi connectivity index (χ0) is 18.2. The van der Waals surface area contributed by atoms with Gasteiger partial charge in [-0.3, -0.25) is 4.99 Å². The van der Waals surface area contributed by atoms with E-state index in [9.17, 15) is 0 Å². The fourth-order valence-corrected chi connectivity index (χ4v) is 4.06. The molecule has 1 saturated heterocycles. The Morgan fingerprint density at radius 1 is 1.19 bits per heavy atom. The van der Waals surface area contributed by atoms with E-state index in [0.717, 1.165) is 42.8 Å². The third kappa shape index (κ3) is 4.92. The van der Waals surface area contributed by atoms with Crippen molar-refractivity contribution >= 4 is 34.2 Å². The highest BCUT2D eigenvalue weighted by Crippen LogP contribution is 2.25. The molecule has 0 bridgehead atoms. The van der Waals surface area contributed by atoms with Gasteiger partial charge in [0.25, 0.3) is 0 Å². The van der Waals surface area contributed by atoms with Gasteiger partial charge in [0.2, 0.25) is 0 Å². The summed E-state index contributed by atoms with van der Waals surface area (Å²) in [6.45, 7) is 4.94. The molecule has 5 heteroatoms. The van der Waals surface area contributed by atoms with Crippen molar-refractivity contribution in [3.8, 4) is 0 Å². The number of nitrogens with two attached hydrogens (primary N) is 1. The molecule has 0 spiro atoms. The van der Waals surface area contributed by atoms with Crippen LogP contribution in [0.5, 0.6) is 0 Å². The molecule has 4 nitrogen and oxygen atoms in total. The monoisotopic (exact) mass is 370 g/mol. The Labute approximate surface area is 161 Å². The van der Waals surface area contributed by atoms with Gasteiger partial charge < -0.3 is 16.0 Å². The van der Waals surface area contributed by atoms with E-state index in [-0.39, 0.29) is 0 Å². The van der Waals surface area contributed by atoms with Crippen LogP contribution in [0.3, 0.4) is 0 Å². The number of benzene rings is 2. The molecule has 1 aliphatic rings. The normalized spacial score (nSPS) is 18.3. The highest BCUT2D eigenvalue weighted by Gasteiger charge is 2.22. The number of hydrogen-bond donors (Lipinski definition) is 2. The van der Waals surface area contributed by atoms with Crippen LogP contribution in [0.25, 0.3) is 10.8 Å². The lowest BCUT2D eigenvalue weighted by Crippen LogP contribution is -2.45. The van der Waals surface area contributed by atoms with E-state index in [1.54, 1.807) is 0 Å². The standard InChI is InChI=1S/C21H30N4S/c1-17-7-4-5-14-25(17)21(23-13-16-26-15-12-22)24-20-11-6-9-18-8-2-3-10-19(18)20/h2-3,6,8-11,17H,4-5,7,12-16,22H2,1H3,(H,23,24). The molecule has 0 radical (unpaired) electrons. The van der Waals surface area contributed by atoms with Crippen LogP contribution in [0, 0.1) is 0 Å². The molecule has 3 N–H and O–H groups in total. The van der Waals surface area contributed by atoms with Gasteiger partial charge >= 0.3 is 0 Å². The maximum absolute atomic E-state index is 5.58. The molecule has 1 atom stereocenters. The molecular weight excluding hydrogens is 340 g/mol. The maximum atomic E-state index is 5.58. The smallest absolute Gasteiger partial charge is 0.198 e. The van der Waals surface area contributed by atoms with E-state index in [0.29, 0.717) is 6.04 Å². The molecular formula is C21H30N4S. The lowest BCUT2D eigenvalue weighted by molar-refractivity contribution is 0.257. The first-order valence-electron chi connectivity index (χ1n) is 9.63. The number of fused-ring (bicyclic) bond motifs is 1. The van der Waals surface area contributed by atoms with Gasteiger partial charge in [-0.05, 0) is 37.6 Å². The molecule has 0 aliphatic carbocycles. The van der Waals surface area contributed by atoms with Crippen molar-refractivity contribution in [3.05, 3.63) is 42.5 Å². The van der Waals surface area contributed by atoms with Crippen molar-refractivity contribution < 1.29 is 0 Å². The first-order valence-corrected chi connectivity index (χ1v) is 10.8. The molecule has 0 amide bonds. The van der Waals surface area contributed by atoms with Gasteiger partial charge in [-0.1, -0.05) is 36.4 Å². The molecule has 3 rings (SSSR count). The van der Waals surface area contributed by atoms with E-state index in [2.05, 4.69) is 59.6 Å². The highest BCUT2D eigenvalue weighted by molar-refractivity contribution is 7.99. The number of rotatable bonds is 6. The average molecular weight is 371 g/mol. The number of piperidine rings is 1. The van der Waals surface area contributed by atoms with Gasteiger partial charge in [-0.15, -0.1) is 0 Å². The summed E-state index contributed by atoms with van der Waals surface area (Å²) in [5, 5.41) is 6.15. The summed E-state index contributed by atoms with van der Waals surface area (Å²) in [6, 6.07) is 15.5. The number of thioether (sulfide) groups is 1. The summed E-state index contributed by atoms with van der Waals surface area (Å²) >= 11 is 1.87. The molecule has 2 aromatic rings. The number of guanidine groups is 1. The molecule has 1 heterocycles. The van der Waals surface area contributed by atoms with Gasteiger partial charge in [0.1, 0.15) is 0 Å². The van der Waals surface area contributed by atoms with E-state index in [1.165, 1.54) is 30.0 Å². The molecule has 2 aromatic carbocycles. The van der Waals surface area contributed by atoms with Crippen LogP contribution in [-0.2, 0) is 0 Å². The predicted octanol–water partition coefficient (Wildman–Crippen LogP) is 4.17. The Balaban J connectivity index is 1.81. The van der Waals surface area contributed by atoms with Crippen molar-refractivity contribution in [2.45, 2.75) is 32.2 Å². The Morgan fingerprint density at radius 2 is 2.04 bits per heavy atom. The third-order valence-corrected chi connectivity index (χ3v) is 5.87. The van der Waals surface area contributed by atoms with Gasteiger partial charge in [0.05, 0.1) is 6.54 Å². The Kier molecular flexibility index (Phi) is 7.21. The van der Waals surface area contributed by atoms with Crippen LogP contribution in [0.2, 0.25) is 0 Å². The molecule has 0 saturated carbocycles. The van der Waals surface area contributed by atoms with Crippen molar-refractivity contribution in [2.75, 3.05) is 36.5 Å². The van der Waals surface area contributed by atoms with Crippen molar-refractivity contribution in [1.29, 1.82) is 0 Å². The first-order chi connectivity index (χ1) is 12.8. The van der Waals surface area contributed by atoms with Crippen molar-refractivity contribution in [3.63, 3.8) is 0 Å². The number of likely N-dealkylation sites (tertiary alicyclic amines) is 1. The lowest BCUT2D eigenvalue weighted by atomic mass is 10.0. The van der Waals surface area contributed by atoms with Crippen LogP contribution < -0.4 is 11.1 Å². The Morgan fingerprint density at radius 3 is 2.88 bits per heavy atom. The topological polar surface area (TPSA) is 53.6 Å². The molecule has 1 fully saturated rings. The van der Waals surface area contributed by atoms with Gasteiger partial charge in [-0.25, -0.2) is 0 Å². The Bertz CT molecular complexity index is 726. The molecule has 1 aliphatic heterocycles. The van der Waals surface area contributed by atoms with Gasteiger partial charge in [0, 0.05) is 41.7 Å². The summed E-state index contributed by atoms with van der Waals surface area (Å²) in [5.74, 6) is 3.03. The van der Waals surface area contributed by atoms with E-state index >= 15 is 0 Å². The molecule has 0 aromatic heterocycles. The predicted molar refractivity (Wildman–Crippen MR) is 116 cm³/mol. The number of nitrogens with zero attached hydrogens (tertiary/aromatic N) is 2. The van der Waals surface area contributed by atoms with Crippen LogP contribution in [0.15, 0.2) is 47.5 Å². The zero-order valence-electron chi connectivity index (χ0n) is 15.7. The van der Waals surface area contributed by atoms with E-state index in [1.807, 2.05) is 11.8 Å². The second-order valence-electron chi connectivity index (χ2n) is 6.80. The van der Waals surface area contributed by atoms with E-state index < -0.39 is 0 Å². The maximum Gasteiger partial charge on any atom is 0.198 e. The summed E-state index contributed by atoms with van der Waals surface area (Å²) in [5.41, 5.74) is 6.72. The summed E-state index contributed by atoms with van der Waals surface area (Å²) in [6.07, 6.45) is 3.78. The fraction of sp³-hybridized carbons (Fsp3) is 0.476. The van der Waals surface area contributed by atoms with Crippen molar-refractivity contribution in [2.24, 2.45) is 10.7 Å². The lowest BCUT2D eigenvalue weighted by Gasteiger charge is -2.36. The Hall–Kier alpha value is -1.72. The molecule has 1 unspecified atom stereocenters. The summed E-state index contributed by atoms with van der Waals surface area (Å²) in [4.78, 5) is 7.38. The highest BCUT2D eigenvalue weighted by atomic mass is 32.2. The van der Waals surface area contributed by atoms with Crippen LogP contribution in [-0.4, -0.2) is 48.0 Å². The quantitative estimate of drug-likeness (QED) is 0.455. The SMILES string of the molecule is CC1CCCCN1C(=NCCSCCN)Nc1cccc2ccccc12. The average Bonchev–Trinajstić information content (AvgIpc) is 2.67. The largest absolute Gasteiger partial charge is 0.340 e.